The van der Waals surface area contributed by atoms with Crippen molar-refractivity contribution in [2.24, 2.45) is 5.92 Å². The standard InChI is InChI=1S/C25H35NO3/c1-26(16-14-20-8-12-23(27)13-9-20)15-4-5-19-6-10-21-17-24(28-2)25(29-3)18-22(21)11-7-19/h8-9,12-13,17-19,27H,4-7,10-11,14-16H2,1-3H3. The summed E-state index contributed by atoms with van der Waals surface area (Å²) in [6.07, 6.45) is 8.37. The Morgan fingerprint density at radius 1 is 0.931 bits per heavy atom. The zero-order valence-corrected chi connectivity index (χ0v) is 18.1. The molecule has 4 heteroatoms. The van der Waals surface area contributed by atoms with Gasteiger partial charge in [0.1, 0.15) is 5.75 Å². The van der Waals surface area contributed by atoms with E-state index in [1.807, 2.05) is 12.1 Å². The summed E-state index contributed by atoms with van der Waals surface area (Å²) in [5.41, 5.74) is 4.13. The molecule has 0 saturated heterocycles. The molecule has 0 atom stereocenters. The second kappa shape index (κ2) is 10.5. The molecule has 0 amide bonds. The van der Waals surface area contributed by atoms with Gasteiger partial charge in [-0.15, -0.1) is 0 Å². The van der Waals surface area contributed by atoms with Crippen molar-refractivity contribution in [2.75, 3.05) is 34.4 Å². The van der Waals surface area contributed by atoms with Gasteiger partial charge < -0.3 is 19.5 Å². The van der Waals surface area contributed by atoms with Crippen molar-refractivity contribution in [1.82, 2.24) is 4.90 Å². The van der Waals surface area contributed by atoms with Gasteiger partial charge in [-0.25, -0.2) is 0 Å². The highest BCUT2D eigenvalue weighted by Crippen LogP contribution is 2.35. The van der Waals surface area contributed by atoms with Crippen LogP contribution >= 0.6 is 0 Å². The van der Waals surface area contributed by atoms with E-state index in [0.29, 0.717) is 5.75 Å². The van der Waals surface area contributed by atoms with Gasteiger partial charge in [0.05, 0.1) is 14.2 Å². The molecule has 29 heavy (non-hydrogen) atoms. The molecule has 0 saturated carbocycles. The first-order valence-corrected chi connectivity index (χ1v) is 10.8. The number of aryl methyl sites for hydroxylation is 2. The molecular weight excluding hydrogens is 362 g/mol. The second-order valence-electron chi connectivity index (χ2n) is 8.28. The minimum absolute atomic E-state index is 0.338. The lowest BCUT2D eigenvalue weighted by Crippen LogP contribution is -2.23. The third kappa shape index (κ3) is 6.14. The van der Waals surface area contributed by atoms with E-state index in [-0.39, 0.29) is 0 Å². The van der Waals surface area contributed by atoms with Crippen LogP contribution < -0.4 is 9.47 Å². The normalized spacial score (nSPS) is 14.5. The van der Waals surface area contributed by atoms with Crippen LogP contribution in [0.5, 0.6) is 17.2 Å². The molecular formula is C25H35NO3. The molecule has 3 rings (SSSR count). The smallest absolute Gasteiger partial charge is 0.161 e. The van der Waals surface area contributed by atoms with E-state index in [1.165, 1.54) is 42.4 Å². The van der Waals surface area contributed by atoms with Gasteiger partial charge >= 0.3 is 0 Å². The Balaban J connectivity index is 1.41. The topological polar surface area (TPSA) is 41.9 Å². The van der Waals surface area contributed by atoms with E-state index in [9.17, 15) is 5.11 Å². The summed E-state index contributed by atoms with van der Waals surface area (Å²) in [4.78, 5) is 2.42. The van der Waals surface area contributed by atoms with E-state index >= 15 is 0 Å². The third-order valence-electron chi connectivity index (χ3n) is 6.22. The molecule has 0 aliphatic heterocycles. The first-order valence-electron chi connectivity index (χ1n) is 10.8. The molecule has 0 heterocycles. The molecule has 0 spiro atoms. The molecule has 0 fully saturated rings. The largest absolute Gasteiger partial charge is 0.508 e. The van der Waals surface area contributed by atoms with Gasteiger partial charge in [-0.3, -0.25) is 0 Å². The zero-order chi connectivity index (χ0) is 20.6. The predicted molar refractivity (Wildman–Crippen MR) is 118 cm³/mol. The van der Waals surface area contributed by atoms with Gasteiger partial charge in [0, 0.05) is 6.54 Å². The Bertz CT molecular complexity index is 737. The van der Waals surface area contributed by atoms with E-state index in [2.05, 4.69) is 24.1 Å². The molecule has 0 radical (unpaired) electrons. The first kappa shape index (κ1) is 21.5. The fourth-order valence-corrected chi connectivity index (χ4v) is 4.33. The third-order valence-corrected chi connectivity index (χ3v) is 6.22. The van der Waals surface area contributed by atoms with Crippen LogP contribution in [0.1, 0.15) is 42.4 Å². The molecule has 4 nitrogen and oxygen atoms in total. The summed E-state index contributed by atoms with van der Waals surface area (Å²) in [6.45, 7) is 2.20. The number of methoxy groups -OCH3 is 2. The van der Waals surface area contributed by atoms with Crippen molar-refractivity contribution in [3.63, 3.8) is 0 Å². The molecule has 1 aliphatic carbocycles. The highest BCUT2D eigenvalue weighted by molar-refractivity contribution is 5.48. The average Bonchev–Trinajstić information content (AvgIpc) is 2.94. The van der Waals surface area contributed by atoms with Gasteiger partial charge in [-0.05, 0) is 105 Å². The Morgan fingerprint density at radius 2 is 1.52 bits per heavy atom. The number of phenols is 1. The van der Waals surface area contributed by atoms with Crippen LogP contribution in [0.3, 0.4) is 0 Å². The first-order chi connectivity index (χ1) is 14.1. The molecule has 0 aromatic heterocycles. The fourth-order valence-electron chi connectivity index (χ4n) is 4.33. The average molecular weight is 398 g/mol. The van der Waals surface area contributed by atoms with E-state index in [0.717, 1.165) is 49.8 Å². The quantitative estimate of drug-likeness (QED) is 0.614. The van der Waals surface area contributed by atoms with Gasteiger partial charge in [-0.1, -0.05) is 12.1 Å². The van der Waals surface area contributed by atoms with E-state index in [4.69, 9.17) is 9.47 Å². The van der Waals surface area contributed by atoms with Crippen LogP contribution in [0.25, 0.3) is 0 Å². The number of hydrogen-bond acceptors (Lipinski definition) is 4. The Hall–Kier alpha value is -2.20. The van der Waals surface area contributed by atoms with Crippen molar-refractivity contribution in [2.45, 2.75) is 44.9 Å². The number of likely N-dealkylation sites (N-methyl/N-ethyl adjacent to an activating group) is 1. The molecule has 158 valence electrons. The lowest BCUT2D eigenvalue weighted by molar-refractivity contribution is 0.308. The van der Waals surface area contributed by atoms with Crippen molar-refractivity contribution < 1.29 is 14.6 Å². The second-order valence-corrected chi connectivity index (χ2v) is 8.28. The minimum atomic E-state index is 0.338. The molecule has 2 aromatic rings. The number of nitrogens with zero attached hydrogens (tertiary/aromatic N) is 1. The summed E-state index contributed by atoms with van der Waals surface area (Å²) in [5.74, 6) is 2.83. The number of rotatable bonds is 9. The number of aromatic hydroxyl groups is 1. The van der Waals surface area contributed by atoms with Crippen molar-refractivity contribution in [1.29, 1.82) is 0 Å². The lowest BCUT2D eigenvalue weighted by Gasteiger charge is -2.19. The Kier molecular flexibility index (Phi) is 7.82. The fraction of sp³-hybridized carbons (Fsp3) is 0.520. The predicted octanol–water partition coefficient (Wildman–Crippen LogP) is 4.86. The van der Waals surface area contributed by atoms with Crippen LogP contribution in [-0.4, -0.2) is 44.4 Å². The summed E-state index contributed by atoms with van der Waals surface area (Å²) in [5, 5.41) is 9.38. The van der Waals surface area contributed by atoms with Gasteiger partial charge in [0.15, 0.2) is 11.5 Å². The molecule has 0 bridgehead atoms. The minimum Gasteiger partial charge on any atom is -0.508 e. The van der Waals surface area contributed by atoms with Gasteiger partial charge in [0.2, 0.25) is 0 Å². The Morgan fingerprint density at radius 3 is 2.07 bits per heavy atom. The number of phenolic OH excluding ortho intramolecular Hbond substituents is 1. The lowest BCUT2D eigenvalue weighted by atomic mass is 9.94. The van der Waals surface area contributed by atoms with Crippen molar-refractivity contribution in [3.05, 3.63) is 53.1 Å². The van der Waals surface area contributed by atoms with Crippen LogP contribution in [-0.2, 0) is 19.3 Å². The molecule has 2 aromatic carbocycles. The van der Waals surface area contributed by atoms with Crippen LogP contribution in [0, 0.1) is 5.92 Å². The monoisotopic (exact) mass is 397 g/mol. The molecule has 1 aliphatic rings. The van der Waals surface area contributed by atoms with Crippen LogP contribution in [0.2, 0.25) is 0 Å². The number of hydrogen-bond donors (Lipinski definition) is 1. The maximum absolute atomic E-state index is 9.38. The van der Waals surface area contributed by atoms with Gasteiger partial charge in [-0.2, -0.15) is 0 Å². The van der Waals surface area contributed by atoms with E-state index < -0.39 is 0 Å². The molecule has 1 N–H and O–H groups in total. The number of fused-ring (bicyclic) bond motifs is 1. The Labute approximate surface area is 175 Å². The van der Waals surface area contributed by atoms with Crippen molar-refractivity contribution in [3.8, 4) is 17.2 Å². The van der Waals surface area contributed by atoms with Gasteiger partial charge in [0.25, 0.3) is 0 Å². The summed E-state index contributed by atoms with van der Waals surface area (Å²) < 4.78 is 11.0. The summed E-state index contributed by atoms with van der Waals surface area (Å²) >= 11 is 0. The summed E-state index contributed by atoms with van der Waals surface area (Å²) in [7, 11) is 5.63. The molecule has 0 unspecified atom stereocenters. The highest BCUT2D eigenvalue weighted by atomic mass is 16.5. The highest BCUT2D eigenvalue weighted by Gasteiger charge is 2.19. The number of ether oxygens (including phenoxy) is 2. The SMILES string of the molecule is COc1cc2c(cc1OC)CCC(CCCN(C)CCc1ccc(O)cc1)CC2. The van der Waals surface area contributed by atoms with Crippen molar-refractivity contribution >= 4 is 0 Å². The zero-order valence-electron chi connectivity index (χ0n) is 18.1. The van der Waals surface area contributed by atoms with E-state index in [1.54, 1.807) is 26.4 Å². The maximum Gasteiger partial charge on any atom is 0.161 e. The summed E-state index contributed by atoms with van der Waals surface area (Å²) in [6, 6.07) is 11.9. The van der Waals surface area contributed by atoms with Crippen LogP contribution in [0.15, 0.2) is 36.4 Å². The maximum atomic E-state index is 9.38. The number of benzene rings is 2. The van der Waals surface area contributed by atoms with Crippen LogP contribution in [0.4, 0.5) is 0 Å².